The maximum absolute atomic E-state index is 10.7. The highest BCUT2D eigenvalue weighted by atomic mass is 35.5. The molecule has 0 aliphatic carbocycles. The molecule has 0 unspecified atom stereocenters. The molecular weight excluding hydrogens is 180 g/mol. The fraction of sp³-hybridized carbons (Fsp3) is 0.286. The summed E-state index contributed by atoms with van der Waals surface area (Å²) < 4.78 is 4.44. The van der Waals surface area contributed by atoms with E-state index in [2.05, 4.69) is 14.7 Å². The van der Waals surface area contributed by atoms with Gasteiger partial charge in [0.25, 0.3) is 0 Å². The number of nitrogens with zero attached hydrogens (tertiary/aromatic N) is 2. The summed E-state index contributed by atoms with van der Waals surface area (Å²) >= 11 is 5.49. The van der Waals surface area contributed by atoms with Crippen molar-refractivity contribution in [3.05, 3.63) is 23.2 Å². The molecule has 1 aromatic rings. The summed E-state index contributed by atoms with van der Waals surface area (Å²) in [5, 5.41) is 0.309. The maximum Gasteiger partial charge on any atom is 0.311 e. The van der Waals surface area contributed by atoms with Crippen LogP contribution in [0.5, 0.6) is 0 Å². The Balaban J connectivity index is 2.64. The molecule has 4 nitrogen and oxygen atoms in total. The SMILES string of the molecule is COC(=O)Cc1cnc(Cl)cn1. The van der Waals surface area contributed by atoms with E-state index in [-0.39, 0.29) is 12.4 Å². The molecule has 12 heavy (non-hydrogen) atoms. The van der Waals surface area contributed by atoms with Gasteiger partial charge in [-0.05, 0) is 0 Å². The largest absolute Gasteiger partial charge is 0.469 e. The fourth-order valence-electron chi connectivity index (χ4n) is 0.650. The molecule has 0 N–H and O–H groups in total. The summed E-state index contributed by atoms with van der Waals surface area (Å²) in [5.41, 5.74) is 0.547. The predicted molar refractivity (Wildman–Crippen MR) is 42.8 cm³/mol. The first-order valence-corrected chi connectivity index (χ1v) is 3.63. The van der Waals surface area contributed by atoms with Gasteiger partial charge in [-0.2, -0.15) is 0 Å². The standard InChI is InChI=1S/C7H7ClN2O2/c1-12-7(11)2-5-3-10-6(8)4-9-5/h3-4H,2H2,1H3. The summed E-state index contributed by atoms with van der Waals surface area (Å²) in [4.78, 5) is 18.4. The van der Waals surface area contributed by atoms with Crippen molar-refractivity contribution in [3.63, 3.8) is 0 Å². The Morgan fingerprint density at radius 2 is 2.33 bits per heavy atom. The molecule has 1 rings (SSSR count). The van der Waals surface area contributed by atoms with E-state index in [9.17, 15) is 4.79 Å². The number of ether oxygens (including phenoxy) is 1. The zero-order valence-corrected chi connectivity index (χ0v) is 7.21. The number of hydrogen-bond donors (Lipinski definition) is 0. The molecule has 0 saturated carbocycles. The van der Waals surface area contributed by atoms with E-state index >= 15 is 0 Å². The first-order chi connectivity index (χ1) is 5.72. The highest BCUT2D eigenvalue weighted by Gasteiger charge is 2.03. The monoisotopic (exact) mass is 186 g/mol. The molecule has 0 spiro atoms. The van der Waals surface area contributed by atoms with Crippen molar-refractivity contribution >= 4 is 17.6 Å². The number of carbonyl (C=O) groups is 1. The summed E-state index contributed by atoms with van der Waals surface area (Å²) in [6.07, 6.45) is 2.96. The van der Waals surface area contributed by atoms with Gasteiger partial charge in [0.05, 0.1) is 31.6 Å². The van der Waals surface area contributed by atoms with Gasteiger partial charge >= 0.3 is 5.97 Å². The summed E-state index contributed by atoms with van der Waals surface area (Å²) in [6, 6.07) is 0. The van der Waals surface area contributed by atoms with Gasteiger partial charge in [0.1, 0.15) is 5.15 Å². The Morgan fingerprint density at radius 1 is 1.58 bits per heavy atom. The number of methoxy groups -OCH3 is 1. The molecule has 0 radical (unpaired) electrons. The molecule has 1 heterocycles. The van der Waals surface area contributed by atoms with Gasteiger partial charge in [0.15, 0.2) is 0 Å². The van der Waals surface area contributed by atoms with Crippen LogP contribution in [0, 0.1) is 0 Å². The highest BCUT2D eigenvalue weighted by Crippen LogP contribution is 2.01. The number of rotatable bonds is 2. The molecule has 0 amide bonds. The lowest BCUT2D eigenvalue weighted by atomic mass is 10.3. The topological polar surface area (TPSA) is 52.1 Å². The van der Waals surface area contributed by atoms with Gasteiger partial charge in [-0.3, -0.25) is 9.78 Å². The van der Waals surface area contributed by atoms with E-state index in [1.54, 1.807) is 0 Å². The minimum Gasteiger partial charge on any atom is -0.469 e. The molecule has 5 heteroatoms. The molecule has 1 aromatic heterocycles. The second-order valence-corrected chi connectivity index (χ2v) is 2.47. The minimum atomic E-state index is -0.341. The van der Waals surface area contributed by atoms with Gasteiger partial charge in [0, 0.05) is 0 Å². The van der Waals surface area contributed by atoms with Crippen molar-refractivity contribution in [2.45, 2.75) is 6.42 Å². The van der Waals surface area contributed by atoms with Gasteiger partial charge in [-0.25, -0.2) is 4.98 Å². The average molecular weight is 187 g/mol. The van der Waals surface area contributed by atoms with Gasteiger partial charge in [-0.1, -0.05) is 11.6 Å². The predicted octanol–water partition coefficient (Wildman–Crippen LogP) is 0.845. The third-order valence-electron chi connectivity index (χ3n) is 1.23. The summed E-state index contributed by atoms with van der Waals surface area (Å²) in [6.45, 7) is 0. The van der Waals surface area contributed by atoms with Crippen LogP contribution in [0.15, 0.2) is 12.4 Å². The fourth-order valence-corrected chi connectivity index (χ4v) is 0.748. The van der Waals surface area contributed by atoms with Gasteiger partial charge in [-0.15, -0.1) is 0 Å². The Bertz CT molecular complexity index is 273. The lowest BCUT2D eigenvalue weighted by Crippen LogP contribution is -2.06. The van der Waals surface area contributed by atoms with Crippen molar-refractivity contribution < 1.29 is 9.53 Å². The maximum atomic E-state index is 10.7. The van der Waals surface area contributed by atoms with Crippen LogP contribution in [0.2, 0.25) is 5.15 Å². The van der Waals surface area contributed by atoms with Crippen LogP contribution >= 0.6 is 11.6 Å². The Hall–Kier alpha value is -1.16. The lowest BCUT2D eigenvalue weighted by molar-refractivity contribution is -0.139. The lowest BCUT2D eigenvalue weighted by Gasteiger charge is -1.97. The molecule has 0 aliphatic rings. The zero-order chi connectivity index (χ0) is 8.97. The second-order valence-electron chi connectivity index (χ2n) is 2.08. The summed E-state index contributed by atoms with van der Waals surface area (Å²) in [7, 11) is 1.33. The van der Waals surface area contributed by atoms with Crippen molar-refractivity contribution in [2.75, 3.05) is 7.11 Å². The quantitative estimate of drug-likeness (QED) is 0.643. The van der Waals surface area contributed by atoms with Crippen LogP contribution in [0.1, 0.15) is 5.69 Å². The van der Waals surface area contributed by atoms with E-state index in [0.717, 1.165) is 0 Å². The van der Waals surface area contributed by atoms with Crippen LogP contribution in [-0.4, -0.2) is 23.0 Å². The van der Waals surface area contributed by atoms with Crippen LogP contribution < -0.4 is 0 Å². The molecule has 64 valence electrons. The number of aromatic nitrogens is 2. The minimum absolute atomic E-state index is 0.126. The zero-order valence-electron chi connectivity index (χ0n) is 6.45. The number of halogens is 1. The number of carbonyl (C=O) groups excluding carboxylic acids is 1. The normalized spacial score (nSPS) is 9.50. The van der Waals surface area contributed by atoms with Crippen molar-refractivity contribution in [1.29, 1.82) is 0 Å². The van der Waals surface area contributed by atoms with E-state index in [1.807, 2.05) is 0 Å². The first-order valence-electron chi connectivity index (χ1n) is 3.25. The third-order valence-corrected chi connectivity index (χ3v) is 1.42. The van der Waals surface area contributed by atoms with Crippen LogP contribution in [0.4, 0.5) is 0 Å². The third kappa shape index (κ3) is 2.47. The van der Waals surface area contributed by atoms with Crippen LogP contribution in [0.3, 0.4) is 0 Å². The molecule has 0 atom stereocenters. The molecule has 0 saturated heterocycles. The summed E-state index contributed by atoms with van der Waals surface area (Å²) in [5.74, 6) is -0.341. The molecule has 0 aromatic carbocycles. The number of esters is 1. The first kappa shape index (κ1) is 8.93. The molecule has 0 fully saturated rings. The second kappa shape index (κ2) is 4.01. The van der Waals surface area contributed by atoms with E-state index < -0.39 is 0 Å². The Labute approximate surface area is 74.5 Å². The van der Waals surface area contributed by atoms with Gasteiger partial charge < -0.3 is 4.74 Å². The average Bonchev–Trinajstić information content (AvgIpc) is 2.09. The molecular formula is C7H7ClN2O2. The van der Waals surface area contributed by atoms with Crippen molar-refractivity contribution in [1.82, 2.24) is 9.97 Å². The smallest absolute Gasteiger partial charge is 0.311 e. The van der Waals surface area contributed by atoms with Gasteiger partial charge in [0.2, 0.25) is 0 Å². The van der Waals surface area contributed by atoms with Crippen LogP contribution in [-0.2, 0) is 16.0 Å². The van der Waals surface area contributed by atoms with E-state index in [4.69, 9.17) is 11.6 Å². The van der Waals surface area contributed by atoms with Crippen LogP contribution in [0.25, 0.3) is 0 Å². The Morgan fingerprint density at radius 3 is 2.83 bits per heavy atom. The van der Waals surface area contributed by atoms with E-state index in [1.165, 1.54) is 19.5 Å². The van der Waals surface area contributed by atoms with Crippen molar-refractivity contribution in [3.8, 4) is 0 Å². The Kier molecular flexibility index (Phi) is 2.99. The highest BCUT2D eigenvalue weighted by molar-refractivity contribution is 6.29. The van der Waals surface area contributed by atoms with Crippen molar-refractivity contribution in [2.24, 2.45) is 0 Å². The van der Waals surface area contributed by atoms with E-state index in [0.29, 0.717) is 10.8 Å². The molecule has 0 bridgehead atoms. The molecule has 0 aliphatic heterocycles. The number of hydrogen-bond acceptors (Lipinski definition) is 4.